The molecule has 0 saturated carbocycles. The Bertz CT molecular complexity index is 250. The summed E-state index contributed by atoms with van der Waals surface area (Å²) >= 11 is 0. The van der Waals surface area contributed by atoms with Gasteiger partial charge in [0.25, 0.3) is 0 Å². The summed E-state index contributed by atoms with van der Waals surface area (Å²) < 4.78 is 20.6. The summed E-state index contributed by atoms with van der Waals surface area (Å²) in [5, 5.41) is 0. The number of rotatable bonds is 6. The minimum Gasteiger partial charge on any atom is -0.458 e. The van der Waals surface area contributed by atoms with Crippen LogP contribution in [0.3, 0.4) is 0 Å². The van der Waals surface area contributed by atoms with Crippen molar-refractivity contribution in [2.45, 2.75) is 20.0 Å². The predicted octanol–water partition coefficient (Wildman–Crippen LogP) is 1.33. The van der Waals surface area contributed by atoms with Crippen molar-refractivity contribution in [2.75, 3.05) is 12.8 Å². The van der Waals surface area contributed by atoms with Gasteiger partial charge >= 0.3 is 13.6 Å². The van der Waals surface area contributed by atoms with Crippen LogP contribution >= 0.6 is 7.60 Å². The fourth-order valence-electron chi connectivity index (χ4n) is 0.855. The van der Waals surface area contributed by atoms with Gasteiger partial charge < -0.3 is 14.2 Å². The minimum atomic E-state index is -3.67. The van der Waals surface area contributed by atoms with E-state index in [4.69, 9.17) is 4.74 Å². The number of hydrogen-bond acceptors (Lipinski definition) is 4. The van der Waals surface area contributed by atoms with Gasteiger partial charge in [-0.1, -0.05) is 12.7 Å². The lowest BCUT2D eigenvalue weighted by Crippen LogP contribution is -2.18. The predicted molar refractivity (Wildman–Crippen MR) is 52.1 cm³/mol. The standard InChI is InChI=1S/C8H15O5P/c1-4-8(13-7(3)9)6-14(10,11)12-5-2/h4,8H,1,5-6H2,2-3H3,(H,10,11)/t8-/m0/s1. The van der Waals surface area contributed by atoms with Gasteiger partial charge in [0.05, 0.1) is 12.8 Å². The third-order valence-corrected chi connectivity index (χ3v) is 2.80. The Morgan fingerprint density at radius 2 is 2.29 bits per heavy atom. The van der Waals surface area contributed by atoms with Crippen LogP contribution in [0.4, 0.5) is 0 Å². The van der Waals surface area contributed by atoms with Crippen molar-refractivity contribution in [3.8, 4) is 0 Å². The van der Waals surface area contributed by atoms with Gasteiger partial charge in [0.2, 0.25) is 0 Å². The summed E-state index contributed by atoms with van der Waals surface area (Å²) in [6.45, 7) is 6.36. The molecule has 1 N–H and O–H groups in total. The van der Waals surface area contributed by atoms with E-state index in [0.29, 0.717) is 0 Å². The summed E-state index contributed by atoms with van der Waals surface area (Å²) in [5.74, 6) is -0.522. The summed E-state index contributed by atoms with van der Waals surface area (Å²) in [4.78, 5) is 19.8. The molecule has 0 heterocycles. The number of hydrogen-bond donors (Lipinski definition) is 1. The van der Waals surface area contributed by atoms with E-state index in [1.165, 1.54) is 13.0 Å². The van der Waals surface area contributed by atoms with Crippen LogP contribution in [0.5, 0.6) is 0 Å². The van der Waals surface area contributed by atoms with Crippen LogP contribution in [0.15, 0.2) is 12.7 Å². The second-order valence-electron chi connectivity index (χ2n) is 2.62. The number of ether oxygens (including phenoxy) is 1. The molecule has 0 fully saturated rings. The number of esters is 1. The molecule has 0 spiro atoms. The van der Waals surface area contributed by atoms with Crippen molar-refractivity contribution < 1.29 is 23.5 Å². The summed E-state index contributed by atoms with van der Waals surface area (Å²) in [6, 6.07) is 0. The van der Waals surface area contributed by atoms with Crippen molar-refractivity contribution in [1.29, 1.82) is 0 Å². The molecule has 6 heteroatoms. The zero-order valence-corrected chi connectivity index (χ0v) is 9.20. The molecule has 0 amide bonds. The lowest BCUT2D eigenvalue weighted by Gasteiger charge is -2.16. The Hall–Kier alpha value is -0.640. The van der Waals surface area contributed by atoms with E-state index in [1.54, 1.807) is 6.92 Å². The highest BCUT2D eigenvalue weighted by Crippen LogP contribution is 2.42. The molecule has 0 bridgehead atoms. The smallest absolute Gasteiger partial charge is 0.332 e. The van der Waals surface area contributed by atoms with Crippen LogP contribution in [0.2, 0.25) is 0 Å². The zero-order valence-electron chi connectivity index (χ0n) is 8.30. The van der Waals surface area contributed by atoms with Gasteiger partial charge in [0, 0.05) is 6.92 Å². The maximum atomic E-state index is 11.3. The molecule has 14 heavy (non-hydrogen) atoms. The van der Waals surface area contributed by atoms with Crippen molar-refractivity contribution in [2.24, 2.45) is 0 Å². The summed E-state index contributed by atoms with van der Waals surface area (Å²) in [6.07, 6.45) is 0.252. The minimum absolute atomic E-state index is 0.137. The lowest BCUT2D eigenvalue weighted by atomic mass is 10.4. The largest absolute Gasteiger partial charge is 0.458 e. The highest BCUT2D eigenvalue weighted by atomic mass is 31.2. The van der Waals surface area contributed by atoms with E-state index in [-0.39, 0.29) is 12.8 Å². The first-order chi connectivity index (χ1) is 6.41. The van der Waals surface area contributed by atoms with Crippen LogP contribution in [0, 0.1) is 0 Å². The van der Waals surface area contributed by atoms with Crippen LogP contribution in [-0.2, 0) is 18.6 Å². The molecule has 0 aromatic rings. The Morgan fingerprint density at radius 1 is 1.71 bits per heavy atom. The molecular formula is C8H15O5P. The Balaban J connectivity index is 4.23. The second kappa shape index (κ2) is 5.96. The lowest BCUT2D eigenvalue weighted by molar-refractivity contribution is -0.143. The van der Waals surface area contributed by atoms with Crippen LogP contribution in [-0.4, -0.2) is 29.7 Å². The number of carbonyl (C=O) groups is 1. The van der Waals surface area contributed by atoms with Crippen molar-refractivity contribution >= 4 is 13.6 Å². The normalized spacial score (nSPS) is 16.8. The monoisotopic (exact) mass is 222 g/mol. The van der Waals surface area contributed by atoms with Crippen LogP contribution in [0.25, 0.3) is 0 Å². The summed E-state index contributed by atoms with van der Waals surface area (Å²) in [5.41, 5.74) is 0. The van der Waals surface area contributed by atoms with E-state index in [2.05, 4.69) is 11.1 Å². The molecule has 0 aliphatic rings. The van der Waals surface area contributed by atoms with E-state index < -0.39 is 19.7 Å². The van der Waals surface area contributed by atoms with Crippen LogP contribution in [0.1, 0.15) is 13.8 Å². The van der Waals surface area contributed by atoms with Gasteiger partial charge in [0.1, 0.15) is 6.10 Å². The molecule has 2 atom stereocenters. The zero-order chi connectivity index (χ0) is 11.2. The van der Waals surface area contributed by atoms with Gasteiger partial charge in [0.15, 0.2) is 0 Å². The highest BCUT2D eigenvalue weighted by Gasteiger charge is 2.24. The van der Waals surface area contributed by atoms with Crippen molar-refractivity contribution in [3.63, 3.8) is 0 Å². The van der Waals surface area contributed by atoms with E-state index >= 15 is 0 Å². The van der Waals surface area contributed by atoms with Gasteiger partial charge in [-0.25, -0.2) is 0 Å². The molecule has 0 saturated heterocycles. The molecule has 0 radical (unpaired) electrons. The van der Waals surface area contributed by atoms with Crippen LogP contribution < -0.4 is 0 Å². The maximum absolute atomic E-state index is 11.3. The fourth-order valence-corrected chi connectivity index (χ4v) is 2.04. The van der Waals surface area contributed by atoms with Gasteiger partial charge in [-0.3, -0.25) is 9.36 Å². The van der Waals surface area contributed by atoms with Gasteiger partial charge in [-0.2, -0.15) is 0 Å². The molecule has 0 aliphatic carbocycles. The van der Waals surface area contributed by atoms with E-state index in [0.717, 1.165) is 0 Å². The second-order valence-corrected chi connectivity index (χ2v) is 4.52. The van der Waals surface area contributed by atoms with Gasteiger partial charge in [-0.15, -0.1) is 0 Å². The third-order valence-electron chi connectivity index (χ3n) is 1.32. The Labute approximate surface area is 83.3 Å². The average Bonchev–Trinajstić information content (AvgIpc) is 2.01. The first kappa shape index (κ1) is 13.4. The molecule has 0 aliphatic heterocycles. The van der Waals surface area contributed by atoms with E-state index in [1.807, 2.05) is 0 Å². The molecule has 0 aromatic carbocycles. The topological polar surface area (TPSA) is 72.8 Å². The third kappa shape index (κ3) is 5.91. The Morgan fingerprint density at radius 3 is 2.64 bits per heavy atom. The maximum Gasteiger partial charge on any atom is 0.332 e. The van der Waals surface area contributed by atoms with Crippen molar-refractivity contribution in [3.05, 3.63) is 12.7 Å². The SMILES string of the molecule is C=C[C@@H](CP(=O)(O)OCC)OC(C)=O. The summed E-state index contributed by atoms with van der Waals surface area (Å²) in [7, 11) is -3.67. The van der Waals surface area contributed by atoms with E-state index in [9.17, 15) is 14.3 Å². The van der Waals surface area contributed by atoms with Gasteiger partial charge in [-0.05, 0) is 6.92 Å². The first-order valence-corrected chi connectivity index (χ1v) is 5.93. The molecule has 82 valence electrons. The number of carbonyl (C=O) groups excluding carboxylic acids is 1. The van der Waals surface area contributed by atoms with Crippen molar-refractivity contribution in [1.82, 2.24) is 0 Å². The molecule has 5 nitrogen and oxygen atoms in total. The first-order valence-electron chi connectivity index (χ1n) is 4.17. The Kier molecular flexibility index (Phi) is 5.69. The molecular weight excluding hydrogens is 207 g/mol. The highest BCUT2D eigenvalue weighted by molar-refractivity contribution is 7.52. The molecule has 1 unspecified atom stereocenters. The fraction of sp³-hybridized carbons (Fsp3) is 0.625. The molecule has 0 rings (SSSR count). The quantitative estimate of drug-likeness (QED) is 0.417. The molecule has 0 aromatic heterocycles. The average molecular weight is 222 g/mol.